The first-order valence-corrected chi connectivity index (χ1v) is 9.72. The van der Waals surface area contributed by atoms with Gasteiger partial charge in [0.05, 0.1) is 17.6 Å². The van der Waals surface area contributed by atoms with E-state index in [0.717, 1.165) is 48.6 Å². The van der Waals surface area contributed by atoms with Crippen LogP contribution in [0.15, 0.2) is 48.5 Å². The summed E-state index contributed by atoms with van der Waals surface area (Å²) in [5.74, 6) is 1.15. The van der Waals surface area contributed by atoms with Crippen LogP contribution in [0, 0.1) is 0 Å². The highest BCUT2D eigenvalue weighted by Crippen LogP contribution is 2.27. The molecule has 2 aromatic carbocycles. The van der Waals surface area contributed by atoms with Crippen LogP contribution < -0.4 is 4.90 Å². The van der Waals surface area contributed by atoms with Crippen LogP contribution in [0.5, 0.6) is 0 Å². The summed E-state index contributed by atoms with van der Waals surface area (Å²) in [6, 6.07) is 16.8. The molecule has 0 aliphatic carbocycles. The molecule has 1 saturated heterocycles. The molecule has 6 heteroatoms. The Labute approximate surface area is 166 Å². The summed E-state index contributed by atoms with van der Waals surface area (Å²) in [6.45, 7) is 4.15. The van der Waals surface area contributed by atoms with Crippen LogP contribution in [-0.2, 0) is 11.8 Å². The smallest absolute Gasteiger partial charge is 0.236 e. The summed E-state index contributed by atoms with van der Waals surface area (Å²) < 4.78 is 2.15. The van der Waals surface area contributed by atoms with Gasteiger partial charge in [0.25, 0.3) is 0 Å². The Bertz CT molecular complexity index is 986. The maximum atomic E-state index is 11.9. The van der Waals surface area contributed by atoms with Gasteiger partial charge in [0.1, 0.15) is 5.82 Å². The average molecular weight is 377 g/mol. The van der Waals surface area contributed by atoms with Gasteiger partial charge in [-0.25, -0.2) is 4.98 Å². The quantitative estimate of drug-likeness (QED) is 0.701. The van der Waals surface area contributed by atoms with Gasteiger partial charge in [-0.1, -0.05) is 24.3 Å². The SMILES string of the molecule is CN(C)C(=O)CN1CCN(c2cccc(-c3nc4ccccc4n3C)c2)CC1. The minimum Gasteiger partial charge on any atom is -0.369 e. The number of benzene rings is 2. The van der Waals surface area contributed by atoms with E-state index in [1.165, 1.54) is 5.69 Å². The molecule has 0 unspecified atom stereocenters. The summed E-state index contributed by atoms with van der Waals surface area (Å²) in [7, 11) is 5.69. The number of hydrogen-bond donors (Lipinski definition) is 0. The van der Waals surface area contributed by atoms with Crippen molar-refractivity contribution < 1.29 is 4.79 Å². The molecule has 146 valence electrons. The minimum atomic E-state index is 0.164. The highest BCUT2D eigenvalue weighted by atomic mass is 16.2. The summed E-state index contributed by atoms with van der Waals surface area (Å²) in [4.78, 5) is 23.0. The number of para-hydroxylation sites is 2. The number of piperazine rings is 1. The van der Waals surface area contributed by atoms with Crippen LogP contribution in [-0.4, -0.2) is 72.1 Å². The van der Waals surface area contributed by atoms with Gasteiger partial charge in [0, 0.05) is 58.6 Å². The van der Waals surface area contributed by atoms with E-state index in [2.05, 4.69) is 57.8 Å². The Kier molecular flexibility index (Phi) is 5.05. The molecule has 1 aliphatic heterocycles. The van der Waals surface area contributed by atoms with Gasteiger partial charge in [-0.05, 0) is 24.3 Å². The minimum absolute atomic E-state index is 0.164. The molecule has 1 amide bonds. The van der Waals surface area contributed by atoms with Gasteiger partial charge >= 0.3 is 0 Å². The maximum absolute atomic E-state index is 11.9. The Morgan fingerprint density at radius 3 is 2.50 bits per heavy atom. The van der Waals surface area contributed by atoms with Crippen LogP contribution in [0.4, 0.5) is 5.69 Å². The third-order valence-corrected chi connectivity index (χ3v) is 5.49. The largest absolute Gasteiger partial charge is 0.369 e. The molecule has 1 aromatic heterocycles. The van der Waals surface area contributed by atoms with E-state index in [9.17, 15) is 4.79 Å². The van der Waals surface area contributed by atoms with E-state index in [1.54, 1.807) is 4.90 Å². The first kappa shape index (κ1) is 18.5. The van der Waals surface area contributed by atoms with Crippen molar-refractivity contribution in [2.45, 2.75) is 0 Å². The number of anilines is 1. The van der Waals surface area contributed by atoms with E-state index < -0.39 is 0 Å². The Morgan fingerprint density at radius 2 is 1.79 bits per heavy atom. The lowest BCUT2D eigenvalue weighted by Gasteiger charge is -2.36. The summed E-state index contributed by atoms with van der Waals surface area (Å²) >= 11 is 0. The predicted molar refractivity (Wildman–Crippen MR) is 113 cm³/mol. The fourth-order valence-corrected chi connectivity index (χ4v) is 3.74. The monoisotopic (exact) mass is 377 g/mol. The van der Waals surface area contributed by atoms with Crippen molar-refractivity contribution in [3.8, 4) is 11.4 Å². The van der Waals surface area contributed by atoms with Crippen molar-refractivity contribution in [1.82, 2.24) is 19.4 Å². The van der Waals surface area contributed by atoms with Crippen LogP contribution in [0.2, 0.25) is 0 Å². The third-order valence-electron chi connectivity index (χ3n) is 5.49. The lowest BCUT2D eigenvalue weighted by Crippen LogP contribution is -2.49. The van der Waals surface area contributed by atoms with Crippen LogP contribution in [0.3, 0.4) is 0 Å². The molecule has 0 atom stereocenters. The number of carbonyl (C=O) groups is 1. The number of likely N-dealkylation sites (N-methyl/N-ethyl adjacent to an activating group) is 1. The second-order valence-electron chi connectivity index (χ2n) is 7.58. The van der Waals surface area contributed by atoms with Crippen molar-refractivity contribution in [3.05, 3.63) is 48.5 Å². The molecule has 28 heavy (non-hydrogen) atoms. The van der Waals surface area contributed by atoms with Crippen molar-refractivity contribution >= 4 is 22.6 Å². The van der Waals surface area contributed by atoms with Crippen molar-refractivity contribution in [3.63, 3.8) is 0 Å². The van der Waals surface area contributed by atoms with Crippen LogP contribution in [0.25, 0.3) is 22.4 Å². The van der Waals surface area contributed by atoms with Crippen molar-refractivity contribution in [2.24, 2.45) is 7.05 Å². The fourth-order valence-electron chi connectivity index (χ4n) is 3.74. The second kappa shape index (κ2) is 7.64. The average Bonchev–Trinajstić information content (AvgIpc) is 3.05. The van der Waals surface area contributed by atoms with Gasteiger partial charge in [0.2, 0.25) is 5.91 Å². The molecule has 1 aliphatic rings. The number of fused-ring (bicyclic) bond motifs is 1. The van der Waals surface area contributed by atoms with Crippen molar-refractivity contribution in [2.75, 3.05) is 51.7 Å². The lowest BCUT2D eigenvalue weighted by atomic mass is 10.1. The highest BCUT2D eigenvalue weighted by Gasteiger charge is 2.20. The molecule has 3 aromatic rings. The summed E-state index contributed by atoms with van der Waals surface area (Å²) in [5, 5.41) is 0. The zero-order valence-electron chi connectivity index (χ0n) is 16.8. The molecule has 4 rings (SSSR count). The van der Waals surface area contributed by atoms with E-state index in [0.29, 0.717) is 6.54 Å². The maximum Gasteiger partial charge on any atom is 0.236 e. The number of nitrogens with zero attached hydrogens (tertiary/aromatic N) is 5. The van der Waals surface area contributed by atoms with Crippen LogP contribution >= 0.6 is 0 Å². The number of carbonyl (C=O) groups excluding carboxylic acids is 1. The number of hydrogen-bond acceptors (Lipinski definition) is 4. The normalized spacial score (nSPS) is 15.2. The standard InChI is InChI=1S/C22H27N5O/c1-24(2)21(28)16-26-11-13-27(14-12-26)18-8-6-7-17(15-18)22-23-19-9-4-5-10-20(19)25(22)3/h4-10,15H,11-14,16H2,1-3H3. The van der Waals surface area contributed by atoms with E-state index in [1.807, 2.05) is 26.2 Å². The molecular formula is C22H27N5O. The van der Waals surface area contributed by atoms with Gasteiger partial charge in [-0.2, -0.15) is 0 Å². The zero-order valence-corrected chi connectivity index (χ0v) is 16.8. The summed E-state index contributed by atoms with van der Waals surface area (Å²) in [6.07, 6.45) is 0. The summed E-state index contributed by atoms with van der Waals surface area (Å²) in [5.41, 5.74) is 4.50. The molecule has 0 N–H and O–H groups in total. The van der Waals surface area contributed by atoms with E-state index in [-0.39, 0.29) is 5.91 Å². The van der Waals surface area contributed by atoms with Gasteiger partial charge in [-0.3, -0.25) is 9.69 Å². The molecular weight excluding hydrogens is 350 g/mol. The third kappa shape index (κ3) is 3.60. The number of aromatic nitrogens is 2. The highest BCUT2D eigenvalue weighted by molar-refractivity contribution is 5.81. The molecule has 6 nitrogen and oxygen atoms in total. The lowest BCUT2D eigenvalue weighted by molar-refractivity contribution is -0.129. The number of aryl methyl sites for hydroxylation is 1. The molecule has 0 bridgehead atoms. The molecule has 0 spiro atoms. The van der Waals surface area contributed by atoms with Crippen LogP contribution in [0.1, 0.15) is 0 Å². The number of imidazole rings is 1. The first-order valence-electron chi connectivity index (χ1n) is 9.72. The molecule has 2 heterocycles. The van der Waals surface area contributed by atoms with Gasteiger partial charge < -0.3 is 14.4 Å². The first-order chi connectivity index (χ1) is 13.5. The predicted octanol–water partition coefficient (Wildman–Crippen LogP) is 2.45. The molecule has 1 fully saturated rings. The molecule has 0 saturated carbocycles. The Hall–Kier alpha value is -2.86. The second-order valence-corrected chi connectivity index (χ2v) is 7.58. The van der Waals surface area contributed by atoms with E-state index >= 15 is 0 Å². The van der Waals surface area contributed by atoms with Gasteiger partial charge in [0.15, 0.2) is 0 Å². The van der Waals surface area contributed by atoms with E-state index in [4.69, 9.17) is 4.98 Å². The fraction of sp³-hybridized carbons (Fsp3) is 0.364. The van der Waals surface area contributed by atoms with Crippen molar-refractivity contribution in [1.29, 1.82) is 0 Å². The number of amides is 1. The number of rotatable bonds is 4. The zero-order chi connectivity index (χ0) is 19.7. The Balaban J connectivity index is 1.50. The molecule has 0 radical (unpaired) electrons. The topological polar surface area (TPSA) is 44.6 Å². The Morgan fingerprint density at radius 1 is 1.04 bits per heavy atom. The van der Waals surface area contributed by atoms with Gasteiger partial charge in [-0.15, -0.1) is 0 Å².